The highest BCUT2D eigenvalue weighted by atomic mass is 16.4. The zero-order valence-corrected chi connectivity index (χ0v) is 10.6. The highest BCUT2D eigenvalue weighted by Gasteiger charge is 2.26. The van der Waals surface area contributed by atoms with Gasteiger partial charge in [-0.1, -0.05) is 26.2 Å². The lowest BCUT2D eigenvalue weighted by molar-refractivity contribution is -0.139. The first-order valence-electron chi connectivity index (χ1n) is 6.32. The molecule has 17 heavy (non-hydrogen) atoms. The van der Waals surface area contributed by atoms with E-state index in [-0.39, 0.29) is 12.1 Å². The van der Waals surface area contributed by atoms with E-state index in [1.165, 1.54) is 0 Å². The van der Waals surface area contributed by atoms with Crippen molar-refractivity contribution in [3.63, 3.8) is 0 Å². The predicted octanol–water partition coefficient (Wildman–Crippen LogP) is 1.82. The normalized spacial score (nSPS) is 17.8. The number of carbonyl (C=O) groups is 2. The Hall–Kier alpha value is -1.26. The highest BCUT2D eigenvalue weighted by Crippen LogP contribution is 2.22. The molecule has 0 saturated heterocycles. The molecule has 98 valence electrons. The minimum atomic E-state index is -0.958. The second-order valence-electron chi connectivity index (χ2n) is 4.68. The topological polar surface area (TPSA) is 69.6 Å². The first-order chi connectivity index (χ1) is 8.06. The van der Waals surface area contributed by atoms with Crippen LogP contribution in [0.3, 0.4) is 0 Å². The van der Waals surface area contributed by atoms with Gasteiger partial charge in [-0.3, -0.25) is 0 Å². The third-order valence-electron chi connectivity index (χ3n) is 3.37. The minimum Gasteiger partial charge on any atom is -0.480 e. The Morgan fingerprint density at radius 1 is 1.41 bits per heavy atom. The molecule has 0 heterocycles. The number of carboxylic acid groups (broad SMARTS) is 1. The average Bonchev–Trinajstić information content (AvgIpc) is 2.80. The number of hydrogen-bond donors (Lipinski definition) is 2. The minimum absolute atomic E-state index is 0.266. The van der Waals surface area contributed by atoms with Crippen LogP contribution in [0.4, 0.5) is 4.79 Å². The van der Waals surface area contributed by atoms with Gasteiger partial charge in [-0.05, 0) is 19.3 Å². The van der Waals surface area contributed by atoms with E-state index in [1.54, 1.807) is 11.9 Å². The van der Waals surface area contributed by atoms with Crippen LogP contribution in [0.1, 0.15) is 45.4 Å². The zero-order chi connectivity index (χ0) is 12.8. The Balaban J connectivity index is 2.47. The molecular formula is C12H22N2O3. The Morgan fingerprint density at radius 3 is 2.47 bits per heavy atom. The van der Waals surface area contributed by atoms with Gasteiger partial charge in [0.25, 0.3) is 0 Å². The fraction of sp³-hybridized carbons (Fsp3) is 0.833. The Labute approximate surface area is 102 Å². The van der Waals surface area contributed by atoms with E-state index in [9.17, 15) is 9.59 Å². The largest absolute Gasteiger partial charge is 0.480 e. The van der Waals surface area contributed by atoms with Crippen LogP contribution in [-0.4, -0.2) is 41.1 Å². The standard InChI is InChI=1S/C12H22N2O3/c1-3-6-10(11(15)16)13-12(17)14(2)9-7-4-5-8-9/h9-10H,3-8H2,1-2H3,(H,13,17)(H,15,16). The molecule has 2 N–H and O–H groups in total. The first-order valence-corrected chi connectivity index (χ1v) is 6.32. The molecule has 1 aliphatic rings. The molecule has 1 rings (SSSR count). The van der Waals surface area contributed by atoms with Gasteiger partial charge in [0.05, 0.1) is 0 Å². The molecule has 0 aromatic rings. The lowest BCUT2D eigenvalue weighted by Crippen LogP contribution is -2.49. The summed E-state index contributed by atoms with van der Waals surface area (Å²) < 4.78 is 0. The Bertz CT molecular complexity index is 275. The van der Waals surface area contributed by atoms with Crippen molar-refractivity contribution in [2.45, 2.75) is 57.5 Å². The molecule has 1 unspecified atom stereocenters. The predicted molar refractivity (Wildman–Crippen MR) is 64.9 cm³/mol. The lowest BCUT2D eigenvalue weighted by Gasteiger charge is -2.26. The van der Waals surface area contributed by atoms with E-state index < -0.39 is 12.0 Å². The number of aliphatic carboxylic acids is 1. The van der Waals surface area contributed by atoms with Gasteiger partial charge in [0, 0.05) is 13.1 Å². The summed E-state index contributed by atoms with van der Waals surface area (Å²) in [4.78, 5) is 24.5. The SMILES string of the molecule is CCCC(NC(=O)N(C)C1CCCC1)C(=O)O. The molecule has 5 heteroatoms. The molecule has 0 aromatic carbocycles. The van der Waals surface area contributed by atoms with Gasteiger partial charge in [-0.2, -0.15) is 0 Å². The number of carbonyl (C=O) groups excluding carboxylic acids is 1. The summed E-state index contributed by atoms with van der Waals surface area (Å²) in [5.41, 5.74) is 0. The summed E-state index contributed by atoms with van der Waals surface area (Å²) in [6.07, 6.45) is 5.56. The monoisotopic (exact) mass is 242 g/mol. The molecule has 0 radical (unpaired) electrons. The molecule has 1 fully saturated rings. The Morgan fingerprint density at radius 2 is 2.00 bits per heavy atom. The average molecular weight is 242 g/mol. The van der Waals surface area contributed by atoms with Crippen molar-refractivity contribution in [3.8, 4) is 0 Å². The highest BCUT2D eigenvalue weighted by molar-refractivity contribution is 5.82. The number of nitrogens with zero attached hydrogens (tertiary/aromatic N) is 1. The van der Waals surface area contributed by atoms with Crippen molar-refractivity contribution in [2.75, 3.05) is 7.05 Å². The van der Waals surface area contributed by atoms with Crippen molar-refractivity contribution < 1.29 is 14.7 Å². The number of hydrogen-bond acceptors (Lipinski definition) is 2. The molecule has 1 saturated carbocycles. The smallest absolute Gasteiger partial charge is 0.326 e. The maximum atomic E-state index is 11.9. The summed E-state index contributed by atoms with van der Waals surface area (Å²) in [6.45, 7) is 1.91. The quantitative estimate of drug-likeness (QED) is 0.772. The third kappa shape index (κ3) is 3.91. The van der Waals surface area contributed by atoms with Gasteiger partial charge in [0.2, 0.25) is 0 Å². The number of nitrogens with one attached hydrogen (secondary N) is 1. The number of amides is 2. The molecule has 0 spiro atoms. The van der Waals surface area contributed by atoms with Crippen LogP contribution in [0.25, 0.3) is 0 Å². The maximum Gasteiger partial charge on any atom is 0.326 e. The molecule has 5 nitrogen and oxygen atoms in total. The molecular weight excluding hydrogens is 220 g/mol. The molecule has 0 aromatic heterocycles. The van der Waals surface area contributed by atoms with Gasteiger partial charge < -0.3 is 15.3 Å². The van der Waals surface area contributed by atoms with E-state index in [2.05, 4.69) is 5.32 Å². The molecule has 0 bridgehead atoms. The van der Waals surface area contributed by atoms with Crippen molar-refractivity contribution in [1.82, 2.24) is 10.2 Å². The second kappa shape index (κ2) is 6.47. The van der Waals surface area contributed by atoms with Crippen LogP contribution < -0.4 is 5.32 Å². The van der Waals surface area contributed by atoms with Crippen LogP contribution in [-0.2, 0) is 4.79 Å². The Kier molecular flexibility index (Phi) is 5.25. The van der Waals surface area contributed by atoms with Crippen LogP contribution in [0, 0.1) is 0 Å². The first kappa shape index (κ1) is 13.8. The van der Waals surface area contributed by atoms with Crippen molar-refractivity contribution >= 4 is 12.0 Å². The van der Waals surface area contributed by atoms with Gasteiger partial charge in [0.15, 0.2) is 0 Å². The van der Waals surface area contributed by atoms with E-state index in [0.717, 1.165) is 32.1 Å². The fourth-order valence-corrected chi connectivity index (χ4v) is 2.25. The van der Waals surface area contributed by atoms with Gasteiger partial charge in [-0.15, -0.1) is 0 Å². The second-order valence-corrected chi connectivity index (χ2v) is 4.68. The van der Waals surface area contributed by atoms with Crippen molar-refractivity contribution in [1.29, 1.82) is 0 Å². The van der Waals surface area contributed by atoms with Gasteiger partial charge in [-0.25, -0.2) is 9.59 Å². The number of carboxylic acids is 1. The summed E-state index contributed by atoms with van der Waals surface area (Å²) >= 11 is 0. The van der Waals surface area contributed by atoms with Crippen LogP contribution in [0.15, 0.2) is 0 Å². The molecule has 2 amide bonds. The summed E-state index contributed by atoms with van der Waals surface area (Å²) in [5.74, 6) is -0.958. The maximum absolute atomic E-state index is 11.9. The molecule has 0 aliphatic heterocycles. The van der Waals surface area contributed by atoms with E-state index >= 15 is 0 Å². The van der Waals surface area contributed by atoms with Crippen molar-refractivity contribution in [3.05, 3.63) is 0 Å². The van der Waals surface area contributed by atoms with Gasteiger partial charge >= 0.3 is 12.0 Å². The van der Waals surface area contributed by atoms with Crippen LogP contribution >= 0.6 is 0 Å². The zero-order valence-electron chi connectivity index (χ0n) is 10.6. The lowest BCUT2D eigenvalue weighted by atomic mass is 10.1. The van der Waals surface area contributed by atoms with E-state index in [1.807, 2.05) is 6.92 Å². The molecule has 1 atom stereocenters. The van der Waals surface area contributed by atoms with E-state index in [0.29, 0.717) is 6.42 Å². The van der Waals surface area contributed by atoms with E-state index in [4.69, 9.17) is 5.11 Å². The fourth-order valence-electron chi connectivity index (χ4n) is 2.25. The van der Waals surface area contributed by atoms with Crippen LogP contribution in [0.2, 0.25) is 0 Å². The third-order valence-corrected chi connectivity index (χ3v) is 3.37. The molecule has 1 aliphatic carbocycles. The number of rotatable bonds is 5. The summed E-state index contributed by atoms with van der Waals surface area (Å²) in [7, 11) is 1.75. The summed E-state index contributed by atoms with van der Waals surface area (Å²) in [6, 6.07) is -0.764. The number of urea groups is 1. The van der Waals surface area contributed by atoms with Gasteiger partial charge in [0.1, 0.15) is 6.04 Å². The van der Waals surface area contributed by atoms with Crippen molar-refractivity contribution in [2.24, 2.45) is 0 Å². The van der Waals surface area contributed by atoms with Crippen LogP contribution in [0.5, 0.6) is 0 Å². The summed E-state index contributed by atoms with van der Waals surface area (Å²) in [5, 5.41) is 11.5.